The van der Waals surface area contributed by atoms with Gasteiger partial charge < -0.3 is 4.74 Å². The van der Waals surface area contributed by atoms with Crippen molar-refractivity contribution >= 4 is 5.97 Å². The largest absolute Gasteiger partial charge is 0.465 e. The molecule has 122 valence electrons. The van der Waals surface area contributed by atoms with Gasteiger partial charge in [-0.3, -0.25) is 9.69 Å². The average molecular weight is 295 g/mol. The van der Waals surface area contributed by atoms with Crippen LogP contribution in [0.5, 0.6) is 0 Å². The Labute approximate surface area is 130 Å². The van der Waals surface area contributed by atoms with Crippen LogP contribution in [0.2, 0.25) is 0 Å². The predicted octanol–water partition coefficient (Wildman–Crippen LogP) is 4.18. The molecule has 1 aliphatic rings. The molecule has 2 atom stereocenters. The fraction of sp³-hybridized carbons (Fsp3) is 0.833. The van der Waals surface area contributed by atoms with Gasteiger partial charge in [-0.1, -0.05) is 25.0 Å². The third-order valence-electron chi connectivity index (χ3n) is 4.29. The number of hydrogen-bond acceptors (Lipinski definition) is 3. The van der Waals surface area contributed by atoms with Gasteiger partial charge >= 0.3 is 5.97 Å². The van der Waals surface area contributed by atoms with Crippen LogP contribution in [0.1, 0.15) is 66.2 Å². The van der Waals surface area contributed by atoms with Crippen LogP contribution in [0.15, 0.2) is 11.6 Å². The smallest absolute Gasteiger partial charge is 0.323 e. The molecule has 0 aromatic carbocycles. The van der Waals surface area contributed by atoms with Gasteiger partial charge in [-0.25, -0.2) is 0 Å². The Morgan fingerprint density at radius 1 is 1.33 bits per heavy atom. The van der Waals surface area contributed by atoms with E-state index >= 15 is 0 Å². The predicted molar refractivity (Wildman–Crippen MR) is 88.3 cm³/mol. The lowest BCUT2D eigenvalue weighted by atomic mass is 9.97. The van der Waals surface area contributed by atoms with E-state index in [1.807, 2.05) is 6.92 Å². The zero-order valence-corrected chi connectivity index (χ0v) is 14.4. The highest BCUT2D eigenvalue weighted by Crippen LogP contribution is 2.20. The summed E-state index contributed by atoms with van der Waals surface area (Å²) in [6, 6.07) is 0.00341. The lowest BCUT2D eigenvalue weighted by molar-refractivity contribution is -0.151. The minimum absolute atomic E-state index is 0.00341. The third-order valence-corrected chi connectivity index (χ3v) is 4.29. The van der Waals surface area contributed by atoms with Crippen molar-refractivity contribution in [1.29, 1.82) is 0 Å². The Bertz CT molecular complexity index is 334. The van der Waals surface area contributed by atoms with Gasteiger partial charge in [-0.05, 0) is 71.9 Å². The highest BCUT2D eigenvalue weighted by molar-refractivity contribution is 5.75. The number of esters is 1. The van der Waals surface area contributed by atoms with E-state index in [1.54, 1.807) is 0 Å². The number of ether oxygens (including phenoxy) is 1. The van der Waals surface area contributed by atoms with E-state index in [9.17, 15) is 4.79 Å². The lowest BCUT2D eigenvalue weighted by Gasteiger charge is -2.34. The van der Waals surface area contributed by atoms with Crippen LogP contribution in [-0.4, -0.2) is 36.6 Å². The summed E-state index contributed by atoms with van der Waals surface area (Å²) < 4.78 is 5.22. The Morgan fingerprint density at radius 2 is 2.10 bits per heavy atom. The van der Waals surface area contributed by atoms with E-state index in [2.05, 4.69) is 31.7 Å². The second-order valence-corrected chi connectivity index (χ2v) is 6.55. The molecule has 3 heteroatoms. The van der Waals surface area contributed by atoms with Crippen molar-refractivity contribution in [2.75, 3.05) is 19.7 Å². The second-order valence-electron chi connectivity index (χ2n) is 6.55. The number of carbonyl (C=O) groups excluding carboxylic acids is 1. The molecule has 0 saturated carbocycles. The van der Waals surface area contributed by atoms with E-state index < -0.39 is 0 Å². The summed E-state index contributed by atoms with van der Waals surface area (Å²) in [7, 11) is 0. The normalized spacial score (nSPS) is 20.9. The number of rotatable bonds is 8. The van der Waals surface area contributed by atoms with Gasteiger partial charge in [0.1, 0.15) is 6.04 Å². The second kappa shape index (κ2) is 9.99. The standard InChI is InChI=1S/C18H33NO2/c1-5-21-18(20)17-11-6-7-13-19(17)14-12-16(4)10-8-9-15(2)3/h9,16-17H,5-8,10-14H2,1-4H3/t16-,17-/m1/s1. The number of carbonyl (C=O) groups is 1. The quantitative estimate of drug-likeness (QED) is 0.497. The molecule has 0 aliphatic carbocycles. The molecule has 1 fully saturated rings. The molecule has 1 rings (SSSR count). The van der Waals surface area contributed by atoms with Gasteiger partial charge in [-0.15, -0.1) is 0 Å². The summed E-state index contributed by atoms with van der Waals surface area (Å²) in [5.74, 6) is 0.694. The van der Waals surface area contributed by atoms with Crippen LogP contribution in [-0.2, 0) is 9.53 Å². The van der Waals surface area contributed by atoms with Crippen LogP contribution in [0.25, 0.3) is 0 Å². The highest BCUT2D eigenvalue weighted by Gasteiger charge is 2.29. The summed E-state index contributed by atoms with van der Waals surface area (Å²) >= 11 is 0. The minimum Gasteiger partial charge on any atom is -0.465 e. The number of piperidine rings is 1. The first kappa shape index (κ1) is 18.2. The maximum Gasteiger partial charge on any atom is 0.323 e. The summed E-state index contributed by atoms with van der Waals surface area (Å²) in [4.78, 5) is 14.4. The van der Waals surface area contributed by atoms with Crippen LogP contribution < -0.4 is 0 Å². The zero-order valence-electron chi connectivity index (χ0n) is 14.4. The van der Waals surface area contributed by atoms with E-state index in [0.717, 1.165) is 25.9 Å². The zero-order chi connectivity index (χ0) is 15.7. The first-order valence-corrected chi connectivity index (χ1v) is 8.58. The molecular formula is C18H33NO2. The van der Waals surface area contributed by atoms with E-state index in [4.69, 9.17) is 4.74 Å². The van der Waals surface area contributed by atoms with Gasteiger partial charge in [-0.2, -0.15) is 0 Å². The summed E-state index contributed by atoms with van der Waals surface area (Å²) in [5, 5.41) is 0. The van der Waals surface area contributed by atoms with Gasteiger partial charge in [0.2, 0.25) is 0 Å². The molecule has 3 nitrogen and oxygen atoms in total. The van der Waals surface area contributed by atoms with Crippen LogP contribution in [0, 0.1) is 5.92 Å². The molecule has 0 unspecified atom stereocenters. The maximum atomic E-state index is 12.0. The first-order valence-electron chi connectivity index (χ1n) is 8.58. The van der Waals surface area contributed by atoms with Gasteiger partial charge in [0.15, 0.2) is 0 Å². The molecule has 1 saturated heterocycles. The number of hydrogen-bond donors (Lipinski definition) is 0. The molecule has 1 aliphatic heterocycles. The van der Waals surface area contributed by atoms with Crippen molar-refractivity contribution in [2.45, 2.75) is 72.3 Å². The molecule has 1 heterocycles. The van der Waals surface area contributed by atoms with Crippen LogP contribution in [0.3, 0.4) is 0 Å². The molecule has 0 bridgehead atoms. The van der Waals surface area contributed by atoms with Crippen molar-refractivity contribution < 1.29 is 9.53 Å². The number of likely N-dealkylation sites (tertiary alicyclic amines) is 1. The Kier molecular flexibility index (Phi) is 8.67. The molecule has 0 radical (unpaired) electrons. The van der Waals surface area contributed by atoms with Gasteiger partial charge in [0.25, 0.3) is 0 Å². The monoisotopic (exact) mass is 295 g/mol. The minimum atomic E-state index is -0.0191. The lowest BCUT2D eigenvalue weighted by Crippen LogP contribution is -2.46. The topological polar surface area (TPSA) is 29.5 Å². The first-order chi connectivity index (χ1) is 10.0. The third kappa shape index (κ3) is 7.12. The summed E-state index contributed by atoms with van der Waals surface area (Å²) in [5.41, 5.74) is 1.40. The van der Waals surface area contributed by atoms with Crippen molar-refractivity contribution in [3.8, 4) is 0 Å². The Hall–Kier alpha value is -0.830. The molecule has 21 heavy (non-hydrogen) atoms. The van der Waals surface area contributed by atoms with Crippen LogP contribution >= 0.6 is 0 Å². The average Bonchev–Trinajstić information content (AvgIpc) is 2.45. The summed E-state index contributed by atoms with van der Waals surface area (Å²) in [6.07, 6.45) is 9.22. The summed E-state index contributed by atoms with van der Waals surface area (Å²) in [6.45, 7) is 11.1. The molecule has 0 aromatic heterocycles. The number of allylic oxidation sites excluding steroid dienone is 2. The van der Waals surface area contributed by atoms with Gasteiger partial charge in [0.05, 0.1) is 6.61 Å². The van der Waals surface area contributed by atoms with E-state index in [-0.39, 0.29) is 12.0 Å². The van der Waals surface area contributed by atoms with E-state index in [0.29, 0.717) is 12.5 Å². The Balaban J connectivity index is 2.36. The van der Waals surface area contributed by atoms with E-state index in [1.165, 1.54) is 31.3 Å². The molecule has 0 amide bonds. The van der Waals surface area contributed by atoms with Crippen molar-refractivity contribution in [2.24, 2.45) is 5.92 Å². The molecule has 0 spiro atoms. The van der Waals surface area contributed by atoms with Gasteiger partial charge in [0, 0.05) is 0 Å². The molecule has 0 aromatic rings. The maximum absolute atomic E-state index is 12.0. The SMILES string of the molecule is CCOC(=O)[C@H]1CCCCN1CC[C@H](C)CCC=C(C)C. The highest BCUT2D eigenvalue weighted by atomic mass is 16.5. The number of nitrogens with zero attached hydrogens (tertiary/aromatic N) is 1. The van der Waals surface area contributed by atoms with Crippen LogP contribution in [0.4, 0.5) is 0 Å². The fourth-order valence-corrected chi connectivity index (χ4v) is 2.95. The van der Waals surface area contributed by atoms with Crippen molar-refractivity contribution in [3.05, 3.63) is 11.6 Å². The fourth-order valence-electron chi connectivity index (χ4n) is 2.95. The van der Waals surface area contributed by atoms with Crippen molar-refractivity contribution in [1.82, 2.24) is 4.90 Å². The molecular weight excluding hydrogens is 262 g/mol. The molecule has 0 N–H and O–H groups in total. The Morgan fingerprint density at radius 3 is 2.76 bits per heavy atom. The van der Waals surface area contributed by atoms with Crippen molar-refractivity contribution in [3.63, 3.8) is 0 Å².